The van der Waals surface area contributed by atoms with E-state index in [1.54, 1.807) is 4.68 Å². The number of hydrogen-bond acceptors (Lipinski definition) is 6. The Morgan fingerprint density at radius 2 is 2.04 bits per heavy atom. The van der Waals surface area contributed by atoms with Crippen molar-refractivity contribution in [3.8, 4) is 11.4 Å². The maximum absolute atomic E-state index is 5.80. The van der Waals surface area contributed by atoms with Crippen molar-refractivity contribution in [2.24, 2.45) is 0 Å². The molecular formula is C16H16N6O. The molecule has 0 saturated carbocycles. The molecule has 4 rings (SSSR count). The molecule has 0 saturated heterocycles. The Labute approximate surface area is 133 Å². The van der Waals surface area contributed by atoms with Gasteiger partial charge in [-0.15, -0.1) is 5.10 Å². The molecule has 116 valence electrons. The second-order valence-electron chi connectivity index (χ2n) is 5.41. The van der Waals surface area contributed by atoms with Gasteiger partial charge in [0.05, 0.1) is 11.4 Å². The van der Waals surface area contributed by atoms with Crippen LogP contribution in [0, 0.1) is 6.92 Å². The van der Waals surface area contributed by atoms with E-state index in [-0.39, 0.29) is 0 Å². The molecule has 1 aromatic carbocycles. The first-order chi connectivity index (χ1) is 11.3. The Bertz CT molecular complexity index is 827. The third-order valence-corrected chi connectivity index (χ3v) is 3.82. The van der Waals surface area contributed by atoms with Gasteiger partial charge in [0.25, 0.3) is 0 Å². The van der Waals surface area contributed by atoms with Crippen LogP contribution in [-0.4, -0.2) is 31.7 Å². The van der Waals surface area contributed by atoms with E-state index in [4.69, 9.17) is 4.74 Å². The maximum atomic E-state index is 5.80. The van der Waals surface area contributed by atoms with E-state index in [0.717, 1.165) is 41.7 Å². The molecule has 0 aliphatic carbocycles. The molecule has 0 unspecified atom stereocenters. The lowest BCUT2D eigenvalue weighted by Crippen LogP contribution is -2.02. The van der Waals surface area contributed by atoms with Crippen molar-refractivity contribution in [2.45, 2.75) is 20.0 Å². The fraction of sp³-hybridized carbons (Fsp3) is 0.250. The van der Waals surface area contributed by atoms with Crippen LogP contribution in [0.3, 0.4) is 0 Å². The third-order valence-electron chi connectivity index (χ3n) is 3.82. The minimum absolute atomic E-state index is 0.443. The maximum Gasteiger partial charge on any atom is 0.153 e. The summed E-state index contributed by atoms with van der Waals surface area (Å²) in [6, 6.07) is 11.8. The van der Waals surface area contributed by atoms with Gasteiger partial charge in [0.15, 0.2) is 5.82 Å². The molecule has 2 aromatic heterocycles. The van der Waals surface area contributed by atoms with Crippen molar-refractivity contribution in [3.63, 3.8) is 0 Å². The second kappa shape index (κ2) is 5.68. The SMILES string of the molecule is Cc1nnnn1-c1ccc(OCc2ccc3c(n2)NCC3)cc1. The number of anilines is 1. The van der Waals surface area contributed by atoms with Gasteiger partial charge in [0, 0.05) is 6.54 Å². The predicted octanol–water partition coefficient (Wildman–Crippen LogP) is 1.91. The number of fused-ring (bicyclic) bond motifs is 1. The number of ether oxygens (including phenoxy) is 1. The molecule has 1 aliphatic heterocycles. The molecule has 0 amide bonds. The van der Waals surface area contributed by atoms with Crippen molar-refractivity contribution in [1.82, 2.24) is 25.2 Å². The van der Waals surface area contributed by atoms with Gasteiger partial charge in [-0.1, -0.05) is 6.07 Å². The zero-order chi connectivity index (χ0) is 15.6. The number of rotatable bonds is 4. The molecule has 0 atom stereocenters. The molecule has 3 aromatic rings. The van der Waals surface area contributed by atoms with E-state index in [1.165, 1.54) is 5.56 Å². The summed E-state index contributed by atoms with van der Waals surface area (Å²) in [7, 11) is 0. The van der Waals surface area contributed by atoms with Crippen molar-refractivity contribution in [2.75, 3.05) is 11.9 Å². The lowest BCUT2D eigenvalue weighted by Gasteiger charge is -2.08. The first-order valence-electron chi connectivity index (χ1n) is 7.50. The van der Waals surface area contributed by atoms with Crippen LogP contribution in [0.25, 0.3) is 5.69 Å². The van der Waals surface area contributed by atoms with Crippen molar-refractivity contribution in [3.05, 3.63) is 53.5 Å². The highest BCUT2D eigenvalue weighted by molar-refractivity contribution is 5.49. The summed E-state index contributed by atoms with van der Waals surface area (Å²) in [5, 5.41) is 14.7. The normalized spacial score (nSPS) is 12.7. The average Bonchev–Trinajstić information content (AvgIpc) is 3.21. The van der Waals surface area contributed by atoms with Gasteiger partial charge in [-0.25, -0.2) is 4.98 Å². The quantitative estimate of drug-likeness (QED) is 0.793. The number of benzene rings is 1. The van der Waals surface area contributed by atoms with Gasteiger partial charge >= 0.3 is 0 Å². The lowest BCUT2D eigenvalue weighted by molar-refractivity contribution is 0.301. The van der Waals surface area contributed by atoms with Crippen LogP contribution in [0.2, 0.25) is 0 Å². The van der Waals surface area contributed by atoms with Crippen molar-refractivity contribution < 1.29 is 4.74 Å². The Morgan fingerprint density at radius 1 is 1.17 bits per heavy atom. The summed E-state index contributed by atoms with van der Waals surface area (Å²) in [5.74, 6) is 2.51. The molecule has 7 heteroatoms. The van der Waals surface area contributed by atoms with E-state index in [1.807, 2.05) is 37.3 Å². The summed E-state index contributed by atoms with van der Waals surface area (Å²) < 4.78 is 7.48. The van der Waals surface area contributed by atoms with Crippen LogP contribution in [-0.2, 0) is 13.0 Å². The molecular weight excluding hydrogens is 292 g/mol. The third kappa shape index (κ3) is 2.73. The number of pyridine rings is 1. The van der Waals surface area contributed by atoms with E-state index < -0.39 is 0 Å². The summed E-state index contributed by atoms with van der Waals surface area (Å²) >= 11 is 0. The van der Waals surface area contributed by atoms with Crippen LogP contribution in [0.4, 0.5) is 5.82 Å². The Kier molecular flexibility index (Phi) is 3.38. The molecule has 3 heterocycles. The van der Waals surface area contributed by atoms with Gasteiger partial charge in [0.2, 0.25) is 0 Å². The van der Waals surface area contributed by atoms with Crippen molar-refractivity contribution >= 4 is 5.82 Å². The molecule has 23 heavy (non-hydrogen) atoms. The van der Waals surface area contributed by atoms with E-state index in [2.05, 4.69) is 31.9 Å². The second-order valence-corrected chi connectivity index (χ2v) is 5.41. The minimum Gasteiger partial charge on any atom is -0.487 e. The average molecular weight is 308 g/mol. The van der Waals surface area contributed by atoms with Gasteiger partial charge in [-0.3, -0.25) is 0 Å². The van der Waals surface area contributed by atoms with Gasteiger partial charge in [-0.05, 0) is 59.7 Å². The van der Waals surface area contributed by atoms with Crippen LogP contribution < -0.4 is 10.1 Å². The van der Waals surface area contributed by atoms with E-state index in [9.17, 15) is 0 Å². The Hall–Kier alpha value is -2.96. The largest absolute Gasteiger partial charge is 0.487 e. The van der Waals surface area contributed by atoms with E-state index >= 15 is 0 Å². The van der Waals surface area contributed by atoms with Crippen LogP contribution in [0.5, 0.6) is 5.75 Å². The van der Waals surface area contributed by atoms with Crippen LogP contribution in [0.1, 0.15) is 17.1 Å². The van der Waals surface area contributed by atoms with Crippen LogP contribution in [0.15, 0.2) is 36.4 Å². The van der Waals surface area contributed by atoms with Crippen molar-refractivity contribution in [1.29, 1.82) is 0 Å². The molecule has 0 radical (unpaired) electrons. The highest BCUT2D eigenvalue weighted by Crippen LogP contribution is 2.21. The zero-order valence-corrected chi connectivity index (χ0v) is 12.7. The number of nitrogens with one attached hydrogen (secondary N) is 1. The van der Waals surface area contributed by atoms with Gasteiger partial charge < -0.3 is 10.1 Å². The number of aromatic nitrogens is 5. The highest BCUT2D eigenvalue weighted by Gasteiger charge is 2.11. The topological polar surface area (TPSA) is 77.8 Å². The smallest absolute Gasteiger partial charge is 0.153 e. The standard InChI is InChI=1S/C16H16N6O/c1-11-19-20-21-22(11)14-4-6-15(7-5-14)23-10-13-3-2-12-8-9-17-16(12)18-13/h2-7H,8-10H2,1H3,(H,17,18). The summed E-state index contributed by atoms with van der Waals surface area (Å²) in [6.07, 6.45) is 1.04. The Morgan fingerprint density at radius 3 is 2.83 bits per heavy atom. The fourth-order valence-corrected chi connectivity index (χ4v) is 2.59. The fourth-order valence-electron chi connectivity index (χ4n) is 2.59. The lowest BCUT2D eigenvalue weighted by atomic mass is 10.2. The molecule has 1 aliphatic rings. The Balaban J connectivity index is 1.44. The summed E-state index contributed by atoms with van der Waals surface area (Å²) in [5.41, 5.74) is 3.09. The first-order valence-corrected chi connectivity index (χ1v) is 7.50. The zero-order valence-electron chi connectivity index (χ0n) is 12.7. The molecule has 1 N–H and O–H groups in total. The number of aryl methyl sites for hydroxylation is 1. The monoisotopic (exact) mass is 308 g/mol. The summed E-state index contributed by atoms with van der Waals surface area (Å²) in [4.78, 5) is 4.57. The van der Waals surface area contributed by atoms with Gasteiger partial charge in [-0.2, -0.15) is 4.68 Å². The highest BCUT2D eigenvalue weighted by atomic mass is 16.5. The first kappa shape index (κ1) is 13.7. The van der Waals surface area contributed by atoms with E-state index in [0.29, 0.717) is 6.61 Å². The van der Waals surface area contributed by atoms with Crippen LogP contribution >= 0.6 is 0 Å². The molecule has 7 nitrogen and oxygen atoms in total. The number of tetrazole rings is 1. The minimum atomic E-state index is 0.443. The molecule has 0 bridgehead atoms. The molecule has 0 spiro atoms. The number of hydrogen-bond donors (Lipinski definition) is 1. The molecule has 0 fully saturated rings. The van der Waals surface area contributed by atoms with Gasteiger partial charge in [0.1, 0.15) is 18.2 Å². The predicted molar refractivity (Wildman–Crippen MR) is 84.7 cm³/mol. The number of nitrogens with zero attached hydrogens (tertiary/aromatic N) is 5. The summed E-state index contributed by atoms with van der Waals surface area (Å²) in [6.45, 7) is 3.26.